The lowest BCUT2D eigenvalue weighted by Gasteiger charge is -2.26. The van der Waals surface area contributed by atoms with Gasteiger partial charge in [0, 0.05) is 22.7 Å². The van der Waals surface area contributed by atoms with E-state index < -0.39 is 0 Å². The summed E-state index contributed by atoms with van der Waals surface area (Å²) in [6.45, 7) is 12.3. The standard InChI is InChI=1S/C17H28ClNO2/c1-13(2)20-10-11-21-16(12-19-17(3,4)5)14-8-6-7-9-15(14)18/h6-9,13,16,19H,10-12H2,1-5H3. The largest absolute Gasteiger partial charge is 0.376 e. The molecule has 1 N–H and O–H groups in total. The number of ether oxygens (including phenoxy) is 2. The summed E-state index contributed by atoms with van der Waals surface area (Å²) >= 11 is 6.29. The van der Waals surface area contributed by atoms with Gasteiger partial charge in [-0.05, 0) is 40.7 Å². The second-order valence-electron chi connectivity index (χ2n) is 6.43. The first-order valence-electron chi connectivity index (χ1n) is 7.52. The van der Waals surface area contributed by atoms with Gasteiger partial charge >= 0.3 is 0 Å². The van der Waals surface area contributed by atoms with E-state index in [4.69, 9.17) is 21.1 Å². The van der Waals surface area contributed by atoms with E-state index >= 15 is 0 Å². The van der Waals surface area contributed by atoms with Gasteiger partial charge in [0.25, 0.3) is 0 Å². The lowest BCUT2D eigenvalue weighted by Crippen LogP contribution is -2.39. The zero-order chi connectivity index (χ0) is 15.9. The third-order valence-electron chi connectivity index (χ3n) is 2.92. The lowest BCUT2D eigenvalue weighted by atomic mass is 10.1. The van der Waals surface area contributed by atoms with E-state index in [-0.39, 0.29) is 17.7 Å². The molecule has 1 rings (SSSR count). The molecular formula is C17H28ClNO2. The zero-order valence-corrected chi connectivity index (χ0v) is 14.5. The fourth-order valence-electron chi connectivity index (χ4n) is 1.87. The molecule has 0 aromatic heterocycles. The molecule has 3 nitrogen and oxygen atoms in total. The maximum Gasteiger partial charge on any atom is 0.0964 e. The molecule has 0 aliphatic heterocycles. The summed E-state index contributed by atoms with van der Waals surface area (Å²) in [6, 6.07) is 7.83. The molecule has 0 radical (unpaired) electrons. The van der Waals surface area contributed by atoms with E-state index in [1.54, 1.807) is 0 Å². The average Bonchev–Trinajstić information content (AvgIpc) is 2.37. The van der Waals surface area contributed by atoms with Crippen LogP contribution in [0.15, 0.2) is 24.3 Å². The Kier molecular flexibility index (Phi) is 7.67. The van der Waals surface area contributed by atoms with E-state index in [0.717, 1.165) is 17.1 Å². The summed E-state index contributed by atoms with van der Waals surface area (Å²) < 4.78 is 11.5. The summed E-state index contributed by atoms with van der Waals surface area (Å²) in [5.74, 6) is 0. The number of halogens is 1. The Bertz CT molecular complexity index is 415. The van der Waals surface area contributed by atoms with Crippen molar-refractivity contribution in [2.45, 2.75) is 52.4 Å². The van der Waals surface area contributed by atoms with Crippen LogP contribution in [0.4, 0.5) is 0 Å². The SMILES string of the molecule is CC(C)OCCOC(CNC(C)(C)C)c1ccccc1Cl. The molecule has 4 heteroatoms. The minimum Gasteiger partial charge on any atom is -0.376 e. The van der Waals surface area contributed by atoms with Gasteiger partial charge in [0.1, 0.15) is 0 Å². The fraction of sp³-hybridized carbons (Fsp3) is 0.647. The van der Waals surface area contributed by atoms with E-state index in [2.05, 4.69) is 26.1 Å². The summed E-state index contributed by atoms with van der Waals surface area (Å²) in [5, 5.41) is 4.21. The second-order valence-corrected chi connectivity index (χ2v) is 6.84. The molecule has 0 aliphatic carbocycles. The maximum absolute atomic E-state index is 6.29. The van der Waals surface area contributed by atoms with Crippen LogP contribution in [0.3, 0.4) is 0 Å². The first-order chi connectivity index (χ1) is 9.79. The maximum atomic E-state index is 6.29. The van der Waals surface area contributed by atoms with Crippen LogP contribution in [0.2, 0.25) is 5.02 Å². The molecule has 1 aromatic rings. The number of benzene rings is 1. The van der Waals surface area contributed by atoms with Crippen molar-refractivity contribution in [1.82, 2.24) is 5.32 Å². The molecule has 1 aromatic carbocycles. The van der Waals surface area contributed by atoms with E-state index in [9.17, 15) is 0 Å². The first-order valence-corrected chi connectivity index (χ1v) is 7.90. The van der Waals surface area contributed by atoms with Crippen molar-refractivity contribution in [2.24, 2.45) is 0 Å². The third-order valence-corrected chi connectivity index (χ3v) is 3.27. The Morgan fingerprint density at radius 1 is 1.10 bits per heavy atom. The van der Waals surface area contributed by atoms with Gasteiger partial charge < -0.3 is 14.8 Å². The van der Waals surface area contributed by atoms with Gasteiger partial charge in [-0.3, -0.25) is 0 Å². The molecule has 21 heavy (non-hydrogen) atoms. The van der Waals surface area contributed by atoms with Crippen molar-refractivity contribution in [3.05, 3.63) is 34.9 Å². The lowest BCUT2D eigenvalue weighted by molar-refractivity contribution is -0.0145. The number of nitrogens with one attached hydrogen (secondary N) is 1. The second kappa shape index (κ2) is 8.74. The van der Waals surface area contributed by atoms with Crippen molar-refractivity contribution >= 4 is 11.6 Å². The van der Waals surface area contributed by atoms with E-state index in [1.165, 1.54) is 0 Å². The van der Waals surface area contributed by atoms with Crippen LogP contribution in [-0.2, 0) is 9.47 Å². The Balaban J connectivity index is 2.64. The summed E-state index contributed by atoms with van der Waals surface area (Å²) in [7, 11) is 0. The van der Waals surface area contributed by atoms with Crippen LogP contribution in [0.5, 0.6) is 0 Å². The minimum absolute atomic E-state index is 0.0390. The molecule has 0 fully saturated rings. The zero-order valence-electron chi connectivity index (χ0n) is 13.8. The van der Waals surface area contributed by atoms with Crippen LogP contribution < -0.4 is 5.32 Å². The molecule has 1 unspecified atom stereocenters. The predicted molar refractivity (Wildman–Crippen MR) is 89.0 cm³/mol. The molecule has 0 amide bonds. The van der Waals surface area contributed by atoms with Gasteiger partial charge in [0.05, 0.1) is 25.4 Å². The smallest absolute Gasteiger partial charge is 0.0964 e. The minimum atomic E-state index is -0.0753. The molecule has 0 heterocycles. The van der Waals surface area contributed by atoms with Crippen LogP contribution in [-0.4, -0.2) is 31.4 Å². The van der Waals surface area contributed by atoms with Crippen LogP contribution >= 0.6 is 11.6 Å². The normalized spacial score (nSPS) is 13.7. The van der Waals surface area contributed by atoms with E-state index in [1.807, 2.05) is 38.1 Å². The van der Waals surface area contributed by atoms with Gasteiger partial charge in [0.2, 0.25) is 0 Å². The predicted octanol–water partition coefficient (Wildman–Crippen LogP) is 4.21. The van der Waals surface area contributed by atoms with Crippen molar-refractivity contribution < 1.29 is 9.47 Å². The number of rotatable bonds is 8. The number of hydrogen-bond donors (Lipinski definition) is 1. The Morgan fingerprint density at radius 2 is 1.71 bits per heavy atom. The van der Waals surface area contributed by atoms with Crippen molar-refractivity contribution in [1.29, 1.82) is 0 Å². The summed E-state index contributed by atoms with van der Waals surface area (Å²) in [6.07, 6.45) is 0.147. The summed E-state index contributed by atoms with van der Waals surface area (Å²) in [5.41, 5.74) is 1.05. The Morgan fingerprint density at radius 3 is 2.29 bits per heavy atom. The van der Waals surface area contributed by atoms with Gasteiger partial charge in [-0.25, -0.2) is 0 Å². The van der Waals surface area contributed by atoms with Gasteiger partial charge in [0.15, 0.2) is 0 Å². The first kappa shape index (κ1) is 18.4. The molecule has 0 saturated carbocycles. The van der Waals surface area contributed by atoms with Gasteiger partial charge in [-0.15, -0.1) is 0 Å². The molecular weight excluding hydrogens is 286 g/mol. The molecule has 0 bridgehead atoms. The molecule has 1 atom stereocenters. The monoisotopic (exact) mass is 313 g/mol. The Hall–Kier alpha value is -0.610. The van der Waals surface area contributed by atoms with E-state index in [0.29, 0.717) is 13.2 Å². The summed E-state index contributed by atoms with van der Waals surface area (Å²) in [4.78, 5) is 0. The molecule has 0 aliphatic rings. The quantitative estimate of drug-likeness (QED) is 0.729. The van der Waals surface area contributed by atoms with Gasteiger partial charge in [-0.2, -0.15) is 0 Å². The molecule has 0 spiro atoms. The van der Waals surface area contributed by atoms with Crippen LogP contribution in [0, 0.1) is 0 Å². The highest BCUT2D eigenvalue weighted by atomic mass is 35.5. The topological polar surface area (TPSA) is 30.5 Å². The highest BCUT2D eigenvalue weighted by Crippen LogP contribution is 2.25. The third kappa shape index (κ3) is 7.82. The highest BCUT2D eigenvalue weighted by Gasteiger charge is 2.18. The average molecular weight is 314 g/mol. The molecule has 120 valence electrons. The van der Waals surface area contributed by atoms with Crippen molar-refractivity contribution in [2.75, 3.05) is 19.8 Å². The highest BCUT2D eigenvalue weighted by molar-refractivity contribution is 6.31. The molecule has 0 saturated heterocycles. The van der Waals surface area contributed by atoms with Crippen molar-refractivity contribution in [3.8, 4) is 0 Å². The number of hydrogen-bond acceptors (Lipinski definition) is 3. The fourth-order valence-corrected chi connectivity index (χ4v) is 2.13. The van der Waals surface area contributed by atoms with Crippen LogP contribution in [0.25, 0.3) is 0 Å². The van der Waals surface area contributed by atoms with Gasteiger partial charge in [-0.1, -0.05) is 29.8 Å². The Labute approximate surface area is 134 Å². The van der Waals surface area contributed by atoms with Crippen LogP contribution in [0.1, 0.15) is 46.3 Å². The van der Waals surface area contributed by atoms with Crippen molar-refractivity contribution in [3.63, 3.8) is 0 Å².